The number of aliphatic hydroxyl groups is 1. The minimum atomic E-state index is -4.60. The van der Waals surface area contributed by atoms with Gasteiger partial charge in [0.25, 0.3) is 5.91 Å². The number of alkyl halides is 4. The van der Waals surface area contributed by atoms with Gasteiger partial charge in [0.2, 0.25) is 0 Å². The first kappa shape index (κ1) is 29.4. The molecular weight excluding hydrogens is 578 g/mol. The third-order valence-corrected chi connectivity index (χ3v) is 8.19. The van der Waals surface area contributed by atoms with E-state index >= 15 is 0 Å². The molecule has 0 bridgehead atoms. The third-order valence-electron chi connectivity index (χ3n) is 7.00. The molecule has 1 unspecified atom stereocenters. The number of fused-ring (bicyclic) bond motifs is 1. The lowest BCUT2D eigenvalue weighted by Gasteiger charge is -2.17. The zero-order chi connectivity index (χ0) is 29.1. The van der Waals surface area contributed by atoms with Crippen LogP contribution in [-0.2, 0) is 19.1 Å². The number of nitrogens with zero attached hydrogens (tertiary/aromatic N) is 1. The Balaban J connectivity index is 1.36. The van der Waals surface area contributed by atoms with Crippen molar-refractivity contribution < 1.29 is 27.5 Å². The van der Waals surface area contributed by atoms with Gasteiger partial charge in [-0.05, 0) is 84.4 Å². The summed E-state index contributed by atoms with van der Waals surface area (Å²) in [6, 6.07) is 17.6. The molecule has 1 amide bonds. The van der Waals surface area contributed by atoms with Crippen LogP contribution >= 0.6 is 23.5 Å². The van der Waals surface area contributed by atoms with Gasteiger partial charge in [-0.2, -0.15) is 13.2 Å². The Hall–Kier alpha value is -3.05. The molecule has 4 aromatic rings. The fourth-order valence-electron chi connectivity index (χ4n) is 4.72. The van der Waals surface area contributed by atoms with Crippen molar-refractivity contribution in [1.82, 2.24) is 14.6 Å². The molecule has 0 spiro atoms. The van der Waals surface area contributed by atoms with Crippen molar-refractivity contribution in [2.24, 2.45) is 0 Å². The standard InChI is InChI=1S/C30H28ClF4N3O2S/c31-22-5-1-19(26(16-22)30(33,34)35)14-24-15-21-13-20(4-10-28(21)38(24)12-11-32)29(40)36-27(17-39)18-2-8-25(9-3-18)41-37-23-6-7-23/h1-5,8-10,13,15-16,23,27,37,39H,6-7,11-12,14,17H2,(H,36,40). The van der Waals surface area contributed by atoms with E-state index in [1.165, 1.54) is 25.0 Å². The number of hydrogen-bond donors (Lipinski definition) is 3. The van der Waals surface area contributed by atoms with Gasteiger partial charge >= 0.3 is 6.18 Å². The summed E-state index contributed by atoms with van der Waals surface area (Å²) in [5, 5.41) is 13.4. The number of halogens is 5. The Morgan fingerprint density at radius 1 is 1.07 bits per heavy atom. The normalized spacial score (nSPS) is 14.4. The largest absolute Gasteiger partial charge is 0.416 e. The van der Waals surface area contributed by atoms with Crippen molar-refractivity contribution in [1.29, 1.82) is 0 Å². The summed E-state index contributed by atoms with van der Waals surface area (Å²) in [5.41, 5.74) is 1.30. The van der Waals surface area contributed by atoms with Crippen LogP contribution in [0.2, 0.25) is 5.02 Å². The number of benzene rings is 3. The van der Waals surface area contributed by atoms with Gasteiger partial charge in [0, 0.05) is 44.5 Å². The van der Waals surface area contributed by atoms with Crippen LogP contribution in [0.3, 0.4) is 0 Å². The van der Waals surface area contributed by atoms with Gasteiger partial charge in [-0.3, -0.25) is 9.52 Å². The molecule has 0 saturated heterocycles. The van der Waals surface area contributed by atoms with E-state index in [1.54, 1.807) is 40.8 Å². The molecule has 41 heavy (non-hydrogen) atoms. The van der Waals surface area contributed by atoms with Gasteiger partial charge in [0.05, 0.1) is 24.8 Å². The first-order valence-corrected chi connectivity index (χ1v) is 14.3. The van der Waals surface area contributed by atoms with Gasteiger partial charge in [0.15, 0.2) is 0 Å². The number of aliphatic hydroxyl groups excluding tert-OH is 1. The first-order valence-electron chi connectivity index (χ1n) is 13.1. The fourth-order valence-corrected chi connectivity index (χ4v) is 5.71. The number of amides is 1. The smallest absolute Gasteiger partial charge is 0.394 e. The highest BCUT2D eigenvalue weighted by molar-refractivity contribution is 7.97. The van der Waals surface area contributed by atoms with E-state index in [0.717, 1.165) is 16.5 Å². The molecule has 1 aliphatic carbocycles. The number of hydrogen-bond acceptors (Lipinski definition) is 4. The van der Waals surface area contributed by atoms with Crippen LogP contribution in [0.4, 0.5) is 17.6 Å². The molecule has 11 heteroatoms. The summed E-state index contributed by atoms with van der Waals surface area (Å²) in [6.07, 6.45) is -2.34. The van der Waals surface area contributed by atoms with Gasteiger partial charge in [-0.1, -0.05) is 29.8 Å². The Morgan fingerprint density at radius 2 is 1.83 bits per heavy atom. The molecule has 0 aliphatic heterocycles. The van der Waals surface area contributed by atoms with E-state index in [2.05, 4.69) is 10.0 Å². The first-order chi connectivity index (χ1) is 19.7. The van der Waals surface area contributed by atoms with Crippen LogP contribution in [0, 0.1) is 0 Å². The van der Waals surface area contributed by atoms with Crippen molar-refractivity contribution in [3.63, 3.8) is 0 Å². The van der Waals surface area contributed by atoms with Crippen molar-refractivity contribution in [2.45, 2.75) is 49.0 Å². The quantitative estimate of drug-likeness (QED) is 0.126. The van der Waals surface area contributed by atoms with Gasteiger partial charge < -0.3 is 15.0 Å². The summed E-state index contributed by atoms with van der Waals surface area (Å²) in [6.45, 7) is -1.06. The van der Waals surface area contributed by atoms with Gasteiger partial charge in [0.1, 0.15) is 6.67 Å². The molecule has 3 aromatic carbocycles. The van der Waals surface area contributed by atoms with E-state index in [0.29, 0.717) is 28.2 Å². The maximum Gasteiger partial charge on any atom is 0.416 e. The SMILES string of the molecule is O=C(NC(CO)c1ccc(SNC2CC2)cc1)c1ccc2c(c1)cc(Cc1ccc(Cl)cc1C(F)(F)F)n2CCF. The number of carbonyl (C=O) groups is 1. The highest BCUT2D eigenvalue weighted by Crippen LogP contribution is 2.35. The van der Waals surface area contributed by atoms with Crippen LogP contribution < -0.4 is 10.0 Å². The molecule has 0 radical (unpaired) electrons. The molecule has 1 aromatic heterocycles. The lowest BCUT2D eigenvalue weighted by atomic mass is 10.0. The van der Waals surface area contributed by atoms with Crippen LogP contribution in [-0.4, -0.2) is 34.9 Å². The fraction of sp³-hybridized carbons (Fsp3) is 0.300. The summed E-state index contributed by atoms with van der Waals surface area (Å²) >= 11 is 7.38. The number of carbonyl (C=O) groups excluding carboxylic acids is 1. The monoisotopic (exact) mass is 605 g/mol. The second kappa shape index (κ2) is 12.4. The van der Waals surface area contributed by atoms with E-state index in [-0.39, 0.29) is 30.2 Å². The molecular formula is C30H28ClF4N3O2S. The lowest BCUT2D eigenvalue weighted by Crippen LogP contribution is -2.30. The lowest BCUT2D eigenvalue weighted by molar-refractivity contribution is -0.138. The molecule has 216 valence electrons. The van der Waals surface area contributed by atoms with E-state index in [1.807, 2.05) is 24.3 Å². The second-order valence-electron chi connectivity index (χ2n) is 10.00. The minimum Gasteiger partial charge on any atom is -0.394 e. The Bertz CT molecular complexity index is 1540. The summed E-state index contributed by atoms with van der Waals surface area (Å²) in [5.74, 6) is -0.420. The topological polar surface area (TPSA) is 66.3 Å². The van der Waals surface area contributed by atoms with Gasteiger partial charge in [-0.15, -0.1) is 0 Å². The summed E-state index contributed by atoms with van der Waals surface area (Å²) < 4.78 is 59.5. The third kappa shape index (κ3) is 7.06. The number of rotatable bonds is 11. The zero-order valence-electron chi connectivity index (χ0n) is 21.8. The molecule has 3 N–H and O–H groups in total. The number of aromatic nitrogens is 1. The highest BCUT2D eigenvalue weighted by Gasteiger charge is 2.33. The van der Waals surface area contributed by atoms with E-state index in [9.17, 15) is 27.5 Å². The number of aryl methyl sites for hydroxylation is 1. The average Bonchev–Trinajstić information content (AvgIpc) is 3.73. The van der Waals surface area contributed by atoms with Gasteiger partial charge in [-0.25, -0.2) is 4.39 Å². The molecule has 1 fully saturated rings. The van der Waals surface area contributed by atoms with E-state index in [4.69, 9.17) is 11.6 Å². The van der Waals surface area contributed by atoms with Crippen LogP contribution in [0.15, 0.2) is 71.6 Å². The predicted octanol–water partition coefficient (Wildman–Crippen LogP) is 7.10. The molecule has 1 saturated carbocycles. The second-order valence-corrected chi connectivity index (χ2v) is 11.3. The molecule has 5 nitrogen and oxygen atoms in total. The van der Waals surface area contributed by atoms with Crippen molar-refractivity contribution >= 4 is 40.4 Å². The van der Waals surface area contributed by atoms with Crippen LogP contribution in [0.25, 0.3) is 10.9 Å². The maximum atomic E-state index is 13.7. The highest BCUT2D eigenvalue weighted by atomic mass is 35.5. The minimum absolute atomic E-state index is 0.0151. The maximum absolute atomic E-state index is 13.7. The summed E-state index contributed by atoms with van der Waals surface area (Å²) in [7, 11) is 0. The summed E-state index contributed by atoms with van der Waals surface area (Å²) in [4.78, 5) is 14.2. The van der Waals surface area contributed by atoms with Crippen molar-refractivity contribution in [3.05, 3.63) is 99.7 Å². The van der Waals surface area contributed by atoms with E-state index < -0.39 is 30.4 Å². The van der Waals surface area contributed by atoms with Crippen LogP contribution in [0.5, 0.6) is 0 Å². The predicted molar refractivity (Wildman–Crippen MR) is 153 cm³/mol. The Labute approximate surface area is 244 Å². The molecule has 1 aliphatic rings. The molecule has 1 atom stereocenters. The van der Waals surface area contributed by atoms with Crippen LogP contribution in [0.1, 0.15) is 51.6 Å². The average molecular weight is 606 g/mol. The molecule has 1 heterocycles. The Morgan fingerprint density at radius 3 is 2.49 bits per heavy atom. The zero-order valence-corrected chi connectivity index (χ0v) is 23.4. The Kier molecular flexibility index (Phi) is 8.94. The van der Waals surface area contributed by atoms with Crippen molar-refractivity contribution in [2.75, 3.05) is 13.3 Å². The molecule has 5 rings (SSSR count). The van der Waals surface area contributed by atoms with Crippen molar-refractivity contribution in [3.8, 4) is 0 Å². The number of nitrogens with one attached hydrogen (secondary N) is 2.